The van der Waals surface area contributed by atoms with Crippen molar-refractivity contribution in [2.45, 2.75) is 32.3 Å². The topological polar surface area (TPSA) is 38.8 Å². The van der Waals surface area contributed by atoms with E-state index in [1.165, 1.54) is 0 Å². The second-order valence-corrected chi connectivity index (χ2v) is 5.93. The molecule has 0 radical (unpaired) electrons. The molecule has 0 amide bonds. The first-order chi connectivity index (χ1) is 10.0. The van der Waals surface area contributed by atoms with E-state index in [1.807, 2.05) is 18.2 Å². The molecule has 1 aliphatic rings. The quantitative estimate of drug-likeness (QED) is 0.756. The lowest BCUT2D eigenvalue weighted by molar-refractivity contribution is -0.0524. The van der Waals surface area contributed by atoms with Crippen LogP contribution in [0.5, 0.6) is 5.75 Å². The molecule has 116 valence electrons. The van der Waals surface area contributed by atoms with E-state index in [0.29, 0.717) is 17.9 Å². The van der Waals surface area contributed by atoms with Crippen molar-refractivity contribution >= 4 is 5.78 Å². The van der Waals surface area contributed by atoms with Gasteiger partial charge in [-0.2, -0.15) is 0 Å². The molecular weight excluding hydrogens is 266 g/mol. The van der Waals surface area contributed by atoms with E-state index < -0.39 is 0 Å². The molecule has 1 atom stereocenters. The van der Waals surface area contributed by atoms with Gasteiger partial charge in [-0.3, -0.25) is 9.69 Å². The minimum Gasteiger partial charge on any atom is -0.491 e. The zero-order valence-corrected chi connectivity index (χ0v) is 13.2. The van der Waals surface area contributed by atoms with Gasteiger partial charge in [-0.15, -0.1) is 0 Å². The van der Waals surface area contributed by atoms with Crippen LogP contribution in [0.4, 0.5) is 0 Å². The Bertz CT molecular complexity index is 489. The molecule has 1 unspecified atom stereocenters. The number of hydrogen-bond donors (Lipinski definition) is 0. The Balaban J connectivity index is 1.86. The number of hydrogen-bond acceptors (Lipinski definition) is 4. The van der Waals surface area contributed by atoms with E-state index in [2.05, 4.69) is 11.8 Å². The van der Waals surface area contributed by atoms with Crippen LogP contribution in [0, 0.1) is 0 Å². The van der Waals surface area contributed by atoms with Crippen LogP contribution in [0.25, 0.3) is 0 Å². The number of carbonyl (C=O) groups is 1. The van der Waals surface area contributed by atoms with Crippen molar-refractivity contribution in [3.05, 3.63) is 29.8 Å². The molecule has 4 nitrogen and oxygen atoms in total. The van der Waals surface area contributed by atoms with Crippen LogP contribution in [0.1, 0.15) is 37.0 Å². The largest absolute Gasteiger partial charge is 0.491 e. The third-order valence-corrected chi connectivity index (χ3v) is 4.16. The number of nitrogens with zero attached hydrogens (tertiary/aromatic N) is 1. The van der Waals surface area contributed by atoms with Gasteiger partial charge in [0.15, 0.2) is 5.78 Å². The molecule has 0 aromatic heterocycles. The predicted octanol–water partition coefficient (Wildman–Crippen LogP) is 2.77. The van der Waals surface area contributed by atoms with E-state index in [4.69, 9.17) is 9.47 Å². The van der Waals surface area contributed by atoms with Gasteiger partial charge < -0.3 is 9.47 Å². The van der Waals surface area contributed by atoms with Crippen molar-refractivity contribution in [2.75, 3.05) is 33.4 Å². The summed E-state index contributed by atoms with van der Waals surface area (Å²) in [6, 6.07) is 7.41. The van der Waals surface area contributed by atoms with Crippen LogP contribution in [0.2, 0.25) is 0 Å². The molecule has 0 spiro atoms. The third-order valence-electron chi connectivity index (χ3n) is 4.16. The first-order valence-electron chi connectivity index (χ1n) is 7.54. The van der Waals surface area contributed by atoms with Crippen molar-refractivity contribution < 1.29 is 14.3 Å². The van der Waals surface area contributed by atoms with Crippen LogP contribution in [-0.4, -0.2) is 49.6 Å². The molecule has 1 aliphatic heterocycles. The SMILES string of the molecule is COC1(C)CCCN(CCOc2ccccc2C(C)=O)C1. The maximum Gasteiger partial charge on any atom is 0.163 e. The maximum absolute atomic E-state index is 11.5. The normalized spacial score (nSPS) is 23.0. The summed E-state index contributed by atoms with van der Waals surface area (Å²) >= 11 is 0. The van der Waals surface area contributed by atoms with Crippen LogP contribution < -0.4 is 4.74 Å². The highest BCUT2D eigenvalue weighted by molar-refractivity contribution is 5.96. The van der Waals surface area contributed by atoms with Crippen molar-refractivity contribution in [3.63, 3.8) is 0 Å². The van der Waals surface area contributed by atoms with E-state index in [1.54, 1.807) is 20.1 Å². The fourth-order valence-electron chi connectivity index (χ4n) is 2.83. The van der Waals surface area contributed by atoms with Crippen LogP contribution in [0.3, 0.4) is 0 Å². The van der Waals surface area contributed by atoms with Gasteiger partial charge in [0.1, 0.15) is 12.4 Å². The number of piperidine rings is 1. The second-order valence-electron chi connectivity index (χ2n) is 5.93. The summed E-state index contributed by atoms with van der Waals surface area (Å²) < 4.78 is 11.4. The van der Waals surface area contributed by atoms with Gasteiger partial charge in [0, 0.05) is 20.2 Å². The van der Waals surface area contributed by atoms with E-state index in [0.717, 1.165) is 32.5 Å². The van der Waals surface area contributed by atoms with Crippen molar-refractivity contribution in [1.82, 2.24) is 4.90 Å². The number of methoxy groups -OCH3 is 1. The van der Waals surface area contributed by atoms with Gasteiger partial charge in [0.05, 0.1) is 11.2 Å². The minimum absolute atomic E-state index is 0.0375. The highest BCUT2D eigenvalue weighted by atomic mass is 16.5. The van der Waals surface area contributed by atoms with Crippen LogP contribution in [-0.2, 0) is 4.74 Å². The Kier molecular flexibility index (Phi) is 5.37. The summed E-state index contributed by atoms with van der Waals surface area (Å²) in [6.07, 6.45) is 2.25. The van der Waals surface area contributed by atoms with Crippen molar-refractivity contribution in [1.29, 1.82) is 0 Å². The highest BCUT2D eigenvalue weighted by Gasteiger charge is 2.30. The fraction of sp³-hybridized carbons (Fsp3) is 0.588. The maximum atomic E-state index is 11.5. The predicted molar refractivity (Wildman–Crippen MR) is 83.0 cm³/mol. The second kappa shape index (κ2) is 7.05. The summed E-state index contributed by atoms with van der Waals surface area (Å²) in [7, 11) is 1.78. The van der Waals surface area contributed by atoms with Gasteiger partial charge in [-0.1, -0.05) is 12.1 Å². The Labute approximate surface area is 127 Å². The number of likely N-dealkylation sites (tertiary alicyclic amines) is 1. The summed E-state index contributed by atoms with van der Waals surface area (Å²) in [5.74, 6) is 0.715. The summed E-state index contributed by atoms with van der Waals surface area (Å²) in [5, 5.41) is 0. The van der Waals surface area contributed by atoms with Gasteiger partial charge in [0.25, 0.3) is 0 Å². The first kappa shape index (κ1) is 16.0. The fourth-order valence-corrected chi connectivity index (χ4v) is 2.83. The van der Waals surface area contributed by atoms with E-state index in [9.17, 15) is 4.79 Å². The third kappa shape index (κ3) is 4.29. The molecule has 1 aromatic rings. The lowest BCUT2D eigenvalue weighted by Gasteiger charge is -2.39. The number of para-hydroxylation sites is 1. The highest BCUT2D eigenvalue weighted by Crippen LogP contribution is 2.24. The standard InChI is InChI=1S/C17H25NO3/c1-14(19)15-7-4-5-8-16(15)21-12-11-18-10-6-9-17(2,13-18)20-3/h4-5,7-8H,6,9-13H2,1-3H3. The number of Topliss-reactive ketones (excluding diaryl/α,β-unsaturated/α-hetero) is 1. The van der Waals surface area contributed by atoms with E-state index in [-0.39, 0.29) is 11.4 Å². The number of ether oxygens (including phenoxy) is 2. The molecule has 1 heterocycles. The zero-order valence-electron chi connectivity index (χ0n) is 13.2. The van der Waals surface area contributed by atoms with Gasteiger partial charge in [-0.25, -0.2) is 0 Å². The smallest absolute Gasteiger partial charge is 0.163 e. The summed E-state index contributed by atoms with van der Waals surface area (Å²) in [6.45, 7) is 7.18. The molecule has 0 bridgehead atoms. The molecule has 0 N–H and O–H groups in total. The monoisotopic (exact) mass is 291 g/mol. The average Bonchev–Trinajstić information content (AvgIpc) is 2.48. The molecular formula is C17H25NO3. The van der Waals surface area contributed by atoms with Gasteiger partial charge >= 0.3 is 0 Å². The molecule has 1 aromatic carbocycles. The first-order valence-corrected chi connectivity index (χ1v) is 7.54. The number of rotatable bonds is 6. The molecule has 1 fully saturated rings. The molecule has 4 heteroatoms. The number of ketones is 1. The molecule has 0 aliphatic carbocycles. The molecule has 2 rings (SSSR count). The van der Waals surface area contributed by atoms with Gasteiger partial charge in [0.2, 0.25) is 0 Å². The summed E-state index contributed by atoms with van der Waals surface area (Å²) in [5.41, 5.74) is 0.605. The van der Waals surface area contributed by atoms with Crippen LogP contribution in [0.15, 0.2) is 24.3 Å². The lowest BCUT2D eigenvalue weighted by atomic mass is 9.95. The number of benzene rings is 1. The Hall–Kier alpha value is -1.39. The summed E-state index contributed by atoms with van der Waals surface area (Å²) in [4.78, 5) is 13.9. The average molecular weight is 291 g/mol. The van der Waals surface area contributed by atoms with Gasteiger partial charge in [-0.05, 0) is 45.4 Å². The van der Waals surface area contributed by atoms with Crippen LogP contribution >= 0.6 is 0 Å². The minimum atomic E-state index is -0.0461. The Morgan fingerprint density at radius 1 is 1.38 bits per heavy atom. The Morgan fingerprint density at radius 3 is 2.86 bits per heavy atom. The van der Waals surface area contributed by atoms with Crippen molar-refractivity contribution in [3.8, 4) is 5.75 Å². The van der Waals surface area contributed by atoms with Crippen molar-refractivity contribution in [2.24, 2.45) is 0 Å². The lowest BCUT2D eigenvalue weighted by Crippen LogP contribution is -2.48. The molecule has 0 saturated carbocycles. The molecule has 1 saturated heterocycles. The zero-order chi connectivity index (χ0) is 15.3. The molecule has 21 heavy (non-hydrogen) atoms. The number of carbonyl (C=O) groups excluding carboxylic acids is 1. The van der Waals surface area contributed by atoms with E-state index >= 15 is 0 Å². The Morgan fingerprint density at radius 2 is 2.14 bits per heavy atom.